The first-order valence-electron chi connectivity index (χ1n) is 7.58. The van der Waals surface area contributed by atoms with Gasteiger partial charge in [-0.3, -0.25) is 0 Å². The van der Waals surface area contributed by atoms with Gasteiger partial charge in [0.25, 0.3) is 0 Å². The summed E-state index contributed by atoms with van der Waals surface area (Å²) in [6.07, 6.45) is 0. The standard InChI is InChI=1S/C17H24N2O2S2/c1-13-10-11-16(22-13)23(20,21)18-12-17(3,4)19-14(2)15-8-6-5-7-9-15/h5-11,14,18-19H,12H2,1-4H3. The molecule has 1 atom stereocenters. The third-order valence-electron chi connectivity index (χ3n) is 3.59. The molecule has 2 aromatic rings. The van der Waals surface area contributed by atoms with E-state index in [1.165, 1.54) is 16.9 Å². The molecule has 1 aromatic carbocycles. The summed E-state index contributed by atoms with van der Waals surface area (Å²) in [4.78, 5) is 0.987. The molecule has 0 saturated heterocycles. The number of sulfonamides is 1. The second-order valence-corrected chi connectivity index (χ2v) is 9.63. The molecule has 0 bridgehead atoms. The smallest absolute Gasteiger partial charge is 0.250 e. The average molecular weight is 353 g/mol. The van der Waals surface area contributed by atoms with Crippen LogP contribution in [-0.4, -0.2) is 20.5 Å². The van der Waals surface area contributed by atoms with E-state index < -0.39 is 10.0 Å². The lowest BCUT2D eigenvalue weighted by Crippen LogP contribution is -2.49. The maximum atomic E-state index is 12.3. The molecule has 0 spiro atoms. The third kappa shape index (κ3) is 5.14. The normalized spacial score (nSPS) is 13.9. The molecule has 0 saturated carbocycles. The van der Waals surface area contributed by atoms with Gasteiger partial charge in [-0.05, 0) is 45.4 Å². The van der Waals surface area contributed by atoms with Crippen molar-refractivity contribution in [2.75, 3.05) is 6.54 Å². The molecular weight excluding hydrogens is 328 g/mol. The summed E-state index contributed by atoms with van der Waals surface area (Å²) >= 11 is 1.29. The van der Waals surface area contributed by atoms with Crippen LogP contribution in [0.15, 0.2) is 46.7 Å². The minimum absolute atomic E-state index is 0.139. The monoisotopic (exact) mass is 352 g/mol. The Hall–Kier alpha value is -1.21. The van der Waals surface area contributed by atoms with Gasteiger partial charge in [-0.1, -0.05) is 30.3 Å². The van der Waals surface area contributed by atoms with Gasteiger partial charge in [0.15, 0.2) is 0 Å². The SMILES string of the molecule is Cc1ccc(S(=O)(=O)NCC(C)(C)NC(C)c2ccccc2)s1. The largest absolute Gasteiger partial charge is 0.304 e. The second kappa shape index (κ2) is 7.13. The van der Waals surface area contributed by atoms with Crippen LogP contribution in [0.3, 0.4) is 0 Å². The van der Waals surface area contributed by atoms with Gasteiger partial charge < -0.3 is 5.32 Å². The van der Waals surface area contributed by atoms with E-state index in [2.05, 4.69) is 29.1 Å². The van der Waals surface area contributed by atoms with Gasteiger partial charge in [0.2, 0.25) is 10.0 Å². The number of nitrogens with one attached hydrogen (secondary N) is 2. The van der Waals surface area contributed by atoms with Gasteiger partial charge >= 0.3 is 0 Å². The molecule has 126 valence electrons. The lowest BCUT2D eigenvalue weighted by atomic mass is 10.0. The molecule has 0 fully saturated rings. The predicted molar refractivity (Wildman–Crippen MR) is 96.3 cm³/mol. The molecule has 2 rings (SSSR count). The predicted octanol–water partition coefficient (Wildman–Crippen LogP) is 3.46. The zero-order chi connectivity index (χ0) is 17.1. The van der Waals surface area contributed by atoms with Crippen molar-refractivity contribution in [3.63, 3.8) is 0 Å². The maximum absolute atomic E-state index is 12.3. The average Bonchev–Trinajstić information content (AvgIpc) is 2.93. The minimum atomic E-state index is -3.44. The summed E-state index contributed by atoms with van der Waals surface area (Å²) in [6.45, 7) is 8.29. The van der Waals surface area contributed by atoms with Gasteiger partial charge in [-0.15, -0.1) is 11.3 Å². The number of hydrogen-bond acceptors (Lipinski definition) is 4. The zero-order valence-corrected chi connectivity index (χ0v) is 15.6. The first-order chi connectivity index (χ1) is 10.7. The molecule has 6 heteroatoms. The molecule has 0 aliphatic rings. The Kier molecular flexibility index (Phi) is 5.62. The van der Waals surface area contributed by atoms with Gasteiger partial charge in [0.05, 0.1) is 0 Å². The van der Waals surface area contributed by atoms with E-state index in [-0.39, 0.29) is 11.6 Å². The second-order valence-electron chi connectivity index (χ2n) is 6.35. The van der Waals surface area contributed by atoms with Crippen molar-refractivity contribution in [3.05, 3.63) is 52.9 Å². The van der Waals surface area contributed by atoms with E-state index in [0.717, 1.165) is 4.88 Å². The highest BCUT2D eigenvalue weighted by Gasteiger charge is 2.24. The number of benzene rings is 1. The molecular formula is C17H24N2O2S2. The van der Waals surface area contributed by atoms with Crippen molar-refractivity contribution in [1.82, 2.24) is 10.0 Å². The first-order valence-corrected chi connectivity index (χ1v) is 9.88. The Morgan fingerprint density at radius 1 is 1.13 bits per heavy atom. The molecule has 1 aromatic heterocycles. The molecule has 0 amide bonds. The quantitative estimate of drug-likeness (QED) is 0.802. The van der Waals surface area contributed by atoms with Crippen LogP contribution in [0.5, 0.6) is 0 Å². The number of thiophene rings is 1. The van der Waals surface area contributed by atoms with E-state index in [0.29, 0.717) is 10.8 Å². The highest BCUT2D eigenvalue weighted by molar-refractivity contribution is 7.91. The molecule has 23 heavy (non-hydrogen) atoms. The van der Waals surface area contributed by atoms with Crippen LogP contribution in [0, 0.1) is 6.92 Å². The fourth-order valence-electron chi connectivity index (χ4n) is 2.37. The Balaban J connectivity index is 1.98. The Morgan fingerprint density at radius 2 is 1.78 bits per heavy atom. The van der Waals surface area contributed by atoms with Gasteiger partial charge in [0.1, 0.15) is 4.21 Å². The van der Waals surface area contributed by atoms with E-state index >= 15 is 0 Å². The van der Waals surface area contributed by atoms with Gasteiger partial charge in [-0.25, -0.2) is 13.1 Å². The minimum Gasteiger partial charge on any atom is -0.304 e. The zero-order valence-electron chi connectivity index (χ0n) is 14.0. The van der Waals surface area contributed by atoms with Crippen molar-refractivity contribution in [1.29, 1.82) is 0 Å². The molecule has 0 radical (unpaired) electrons. The summed E-state index contributed by atoms with van der Waals surface area (Å²) in [7, 11) is -3.44. The summed E-state index contributed by atoms with van der Waals surface area (Å²) in [5.74, 6) is 0. The summed E-state index contributed by atoms with van der Waals surface area (Å²) in [5.41, 5.74) is 0.812. The Bertz CT molecular complexity index is 737. The molecule has 4 nitrogen and oxygen atoms in total. The van der Waals surface area contributed by atoms with Crippen LogP contribution in [-0.2, 0) is 10.0 Å². The van der Waals surface area contributed by atoms with Crippen molar-refractivity contribution >= 4 is 21.4 Å². The molecule has 0 aliphatic carbocycles. The van der Waals surface area contributed by atoms with E-state index in [4.69, 9.17) is 0 Å². The van der Waals surface area contributed by atoms with Crippen molar-refractivity contribution in [2.45, 2.75) is 43.5 Å². The third-order valence-corrected chi connectivity index (χ3v) is 6.49. The lowest BCUT2D eigenvalue weighted by Gasteiger charge is -2.30. The molecule has 0 aliphatic heterocycles. The van der Waals surface area contributed by atoms with Crippen LogP contribution < -0.4 is 10.0 Å². The van der Waals surface area contributed by atoms with Crippen molar-refractivity contribution < 1.29 is 8.42 Å². The number of hydrogen-bond donors (Lipinski definition) is 2. The Labute approximate surface area is 143 Å². The fraction of sp³-hybridized carbons (Fsp3) is 0.412. The highest BCUT2D eigenvalue weighted by atomic mass is 32.2. The van der Waals surface area contributed by atoms with Crippen molar-refractivity contribution in [3.8, 4) is 0 Å². The number of aryl methyl sites for hydroxylation is 1. The Morgan fingerprint density at radius 3 is 2.35 bits per heavy atom. The van der Waals surface area contributed by atoms with E-state index in [1.54, 1.807) is 6.07 Å². The van der Waals surface area contributed by atoms with Crippen LogP contribution in [0.25, 0.3) is 0 Å². The summed E-state index contributed by atoms with van der Waals surface area (Å²) < 4.78 is 27.7. The topological polar surface area (TPSA) is 58.2 Å². The van der Waals surface area contributed by atoms with E-state index in [9.17, 15) is 8.42 Å². The van der Waals surface area contributed by atoms with Crippen LogP contribution >= 0.6 is 11.3 Å². The summed E-state index contributed by atoms with van der Waals surface area (Å²) in [6, 6.07) is 13.7. The summed E-state index contributed by atoms with van der Waals surface area (Å²) in [5, 5.41) is 3.48. The fourth-order valence-corrected chi connectivity index (χ4v) is 4.91. The van der Waals surface area contributed by atoms with Crippen LogP contribution in [0.1, 0.15) is 37.3 Å². The molecule has 1 unspecified atom stereocenters. The first kappa shape index (κ1) is 18.1. The van der Waals surface area contributed by atoms with E-state index in [1.807, 2.05) is 45.0 Å². The van der Waals surface area contributed by atoms with Crippen LogP contribution in [0.2, 0.25) is 0 Å². The van der Waals surface area contributed by atoms with Gasteiger partial charge in [0, 0.05) is 23.0 Å². The highest BCUT2D eigenvalue weighted by Crippen LogP contribution is 2.21. The maximum Gasteiger partial charge on any atom is 0.250 e. The van der Waals surface area contributed by atoms with Crippen molar-refractivity contribution in [2.24, 2.45) is 0 Å². The molecule has 1 heterocycles. The molecule has 2 N–H and O–H groups in total. The number of rotatable bonds is 7. The lowest BCUT2D eigenvalue weighted by molar-refractivity contribution is 0.346. The van der Waals surface area contributed by atoms with Crippen LogP contribution in [0.4, 0.5) is 0 Å². The van der Waals surface area contributed by atoms with Gasteiger partial charge in [-0.2, -0.15) is 0 Å².